The summed E-state index contributed by atoms with van der Waals surface area (Å²) < 4.78 is 10.6. The van der Waals surface area contributed by atoms with E-state index in [0.29, 0.717) is 6.42 Å². The molecule has 7 nitrogen and oxygen atoms in total. The Balaban J connectivity index is 2.59. The van der Waals surface area contributed by atoms with E-state index in [2.05, 4.69) is 5.32 Å². The lowest BCUT2D eigenvalue weighted by Gasteiger charge is -2.07. The van der Waals surface area contributed by atoms with Crippen molar-refractivity contribution in [2.24, 2.45) is 11.3 Å². The summed E-state index contributed by atoms with van der Waals surface area (Å²) in [4.78, 5) is 40.0. The molecule has 0 heterocycles. The van der Waals surface area contributed by atoms with E-state index in [1.54, 1.807) is 0 Å². The Bertz CT molecular complexity index is 464. The maximum atomic E-state index is 11.7. The maximum Gasteiger partial charge on any atom is 0.352 e. The van der Waals surface area contributed by atoms with E-state index < -0.39 is 19.7 Å². The quantitative estimate of drug-likeness (QED) is 0.421. The Hall–Kier alpha value is -1.17. The van der Waals surface area contributed by atoms with Gasteiger partial charge in [0.15, 0.2) is 0 Å². The first-order valence-electron chi connectivity index (χ1n) is 5.82. The number of amides is 1. The van der Waals surface area contributed by atoms with Crippen LogP contribution in [-0.4, -0.2) is 32.9 Å². The van der Waals surface area contributed by atoms with Crippen LogP contribution in [0.25, 0.3) is 0 Å². The molecule has 0 radical (unpaired) electrons. The average molecular weight is 291 g/mol. The van der Waals surface area contributed by atoms with Gasteiger partial charge in [-0.15, -0.1) is 0 Å². The van der Waals surface area contributed by atoms with Crippen LogP contribution in [0.1, 0.15) is 26.7 Å². The second-order valence-corrected chi connectivity index (χ2v) is 7.11. The molecule has 1 fully saturated rings. The van der Waals surface area contributed by atoms with Crippen LogP contribution < -0.4 is 5.32 Å². The summed E-state index contributed by atoms with van der Waals surface area (Å²) in [6.45, 7) is 3.82. The van der Waals surface area contributed by atoms with Crippen molar-refractivity contribution in [2.45, 2.75) is 26.7 Å². The summed E-state index contributed by atoms with van der Waals surface area (Å²) in [6.07, 6.45) is 1.26. The Morgan fingerprint density at radius 2 is 1.95 bits per heavy atom. The first kappa shape index (κ1) is 15.9. The topological polar surface area (TPSA) is 124 Å². The van der Waals surface area contributed by atoms with Crippen LogP contribution in [0.3, 0.4) is 0 Å². The van der Waals surface area contributed by atoms with Gasteiger partial charge < -0.3 is 20.2 Å². The van der Waals surface area contributed by atoms with Crippen molar-refractivity contribution >= 4 is 19.5 Å². The average Bonchev–Trinajstić information content (AvgIpc) is 2.84. The van der Waals surface area contributed by atoms with Crippen molar-refractivity contribution < 1.29 is 29.0 Å². The van der Waals surface area contributed by atoms with Crippen molar-refractivity contribution in [3.63, 3.8) is 0 Å². The van der Waals surface area contributed by atoms with Gasteiger partial charge in [0.2, 0.25) is 5.91 Å². The monoisotopic (exact) mass is 291 g/mol. The van der Waals surface area contributed by atoms with Gasteiger partial charge in [0.25, 0.3) is 0 Å². The number of carbonyl (C=O) groups excluding carboxylic acids is 1. The molecule has 1 aliphatic rings. The molecular weight excluding hydrogens is 273 g/mol. The van der Waals surface area contributed by atoms with Crippen LogP contribution in [0.15, 0.2) is 11.8 Å². The molecule has 1 atom stereocenters. The number of nitrogens with one attached hydrogen (secondary N) is 1. The van der Waals surface area contributed by atoms with Gasteiger partial charge in [-0.25, -0.2) is 4.79 Å². The third kappa shape index (κ3) is 5.14. The predicted molar refractivity (Wildman–Crippen MR) is 67.3 cm³/mol. The van der Waals surface area contributed by atoms with Gasteiger partial charge in [0.05, 0.1) is 6.16 Å². The molecule has 0 spiro atoms. The van der Waals surface area contributed by atoms with Gasteiger partial charge >= 0.3 is 13.6 Å². The fourth-order valence-electron chi connectivity index (χ4n) is 1.70. The second-order valence-electron chi connectivity index (χ2n) is 5.33. The number of aliphatic carboxylic acids is 1. The van der Waals surface area contributed by atoms with E-state index in [0.717, 1.165) is 6.08 Å². The zero-order chi connectivity index (χ0) is 14.8. The van der Waals surface area contributed by atoms with Crippen molar-refractivity contribution in [1.29, 1.82) is 0 Å². The summed E-state index contributed by atoms with van der Waals surface area (Å²) in [5, 5.41) is 11.2. The smallest absolute Gasteiger partial charge is 0.352 e. The van der Waals surface area contributed by atoms with E-state index >= 15 is 0 Å². The lowest BCUT2D eigenvalue weighted by atomic mass is 10.1. The fraction of sp³-hybridized carbons (Fsp3) is 0.636. The summed E-state index contributed by atoms with van der Waals surface area (Å²) in [6, 6.07) is 0. The number of rotatable bonds is 6. The Morgan fingerprint density at radius 1 is 1.42 bits per heavy atom. The highest BCUT2D eigenvalue weighted by molar-refractivity contribution is 7.51. The summed E-state index contributed by atoms with van der Waals surface area (Å²) in [7, 11) is -4.16. The predicted octanol–water partition coefficient (Wildman–Crippen LogP) is 0.685. The standard InChI is InChI=1S/C11H18NO6P/c1-11(2)6-7(11)9(13)12-8(10(14)15)4-3-5-19(16,17)18/h4,7H,3,5-6H2,1-2H3,(H,12,13)(H,14,15)(H2,16,17,18)/b8-4+. The third-order valence-electron chi connectivity index (χ3n) is 3.09. The Labute approximate surface area is 110 Å². The lowest BCUT2D eigenvalue weighted by molar-refractivity contribution is -0.135. The highest BCUT2D eigenvalue weighted by atomic mass is 31.2. The first-order chi connectivity index (χ1) is 8.53. The third-order valence-corrected chi connectivity index (χ3v) is 3.93. The zero-order valence-electron chi connectivity index (χ0n) is 10.8. The molecule has 1 amide bonds. The number of hydrogen-bond donors (Lipinski definition) is 4. The zero-order valence-corrected chi connectivity index (χ0v) is 11.7. The molecule has 1 saturated carbocycles. The van der Waals surface area contributed by atoms with Crippen molar-refractivity contribution in [3.05, 3.63) is 11.8 Å². The minimum absolute atomic E-state index is 0.111. The number of carbonyl (C=O) groups is 2. The molecule has 1 unspecified atom stereocenters. The van der Waals surface area contributed by atoms with Crippen LogP contribution in [0.5, 0.6) is 0 Å². The summed E-state index contributed by atoms with van der Waals surface area (Å²) >= 11 is 0. The molecule has 108 valence electrons. The van der Waals surface area contributed by atoms with Gasteiger partial charge in [-0.3, -0.25) is 9.36 Å². The van der Waals surface area contributed by atoms with Crippen LogP contribution in [0, 0.1) is 11.3 Å². The maximum absolute atomic E-state index is 11.7. The van der Waals surface area contributed by atoms with Gasteiger partial charge in [0.1, 0.15) is 5.70 Å². The molecule has 0 saturated heterocycles. The fourth-order valence-corrected chi connectivity index (χ4v) is 2.17. The molecule has 0 aromatic carbocycles. The minimum Gasteiger partial charge on any atom is -0.477 e. The first-order valence-corrected chi connectivity index (χ1v) is 7.61. The molecule has 19 heavy (non-hydrogen) atoms. The number of carboxylic acid groups (broad SMARTS) is 1. The molecular formula is C11H18NO6P. The molecule has 1 aliphatic carbocycles. The molecule has 0 aromatic heterocycles. The SMILES string of the molecule is CC1(C)CC1C(=O)N/C(=C/CCP(=O)(O)O)C(=O)O. The summed E-state index contributed by atoms with van der Waals surface area (Å²) in [5.74, 6) is -1.90. The molecule has 1 rings (SSSR count). The lowest BCUT2D eigenvalue weighted by Crippen LogP contribution is -2.29. The van der Waals surface area contributed by atoms with Gasteiger partial charge in [-0.1, -0.05) is 19.9 Å². The highest BCUT2D eigenvalue weighted by Crippen LogP contribution is 2.51. The van der Waals surface area contributed by atoms with E-state index in [9.17, 15) is 14.2 Å². The normalized spacial score (nSPS) is 21.9. The number of carboxylic acids is 1. The van der Waals surface area contributed by atoms with E-state index in [-0.39, 0.29) is 29.4 Å². The van der Waals surface area contributed by atoms with Gasteiger partial charge in [-0.05, 0) is 18.3 Å². The Morgan fingerprint density at radius 3 is 2.32 bits per heavy atom. The van der Waals surface area contributed by atoms with E-state index in [4.69, 9.17) is 14.9 Å². The van der Waals surface area contributed by atoms with Gasteiger partial charge in [-0.2, -0.15) is 0 Å². The van der Waals surface area contributed by atoms with Crippen molar-refractivity contribution in [1.82, 2.24) is 5.32 Å². The molecule has 0 aromatic rings. The molecule has 0 bridgehead atoms. The van der Waals surface area contributed by atoms with Crippen molar-refractivity contribution in [3.8, 4) is 0 Å². The van der Waals surface area contributed by atoms with Crippen LogP contribution in [-0.2, 0) is 14.2 Å². The van der Waals surface area contributed by atoms with Crippen molar-refractivity contribution in [2.75, 3.05) is 6.16 Å². The van der Waals surface area contributed by atoms with Crippen LogP contribution in [0.2, 0.25) is 0 Å². The van der Waals surface area contributed by atoms with E-state index in [1.807, 2.05) is 13.8 Å². The largest absolute Gasteiger partial charge is 0.477 e. The minimum atomic E-state index is -4.16. The molecule has 4 N–H and O–H groups in total. The molecule has 8 heteroatoms. The summed E-state index contributed by atoms with van der Waals surface area (Å²) in [5.41, 5.74) is -0.444. The van der Waals surface area contributed by atoms with Crippen LogP contribution >= 0.6 is 7.60 Å². The molecule has 0 aliphatic heterocycles. The van der Waals surface area contributed by atoms with E-state index in [1.165, 1.54) is 0 Å². The van der Waals surface area contributed by atoms with Gasteiger partial charge in [0, 0.05) is 5.92 Å². The number of allylic oxidation sites excluding steroid dienone is 1. The highest BCUT2D eigenvalue weighted by Gasteiger charge is 2.50. The second kappa shape index (κ2) is 5.45. The Kier molecular flexibility index (Phi) is 4.55. The van der Waals surface area contributed by atoms with Crippen LogP contribution in [0.4, 0.5) is 0 Å². The number of hydrogen-bond acceptors (Lipinski definition) is 3.